The monoisotopic (exact) mass is 391 g/mol. The molecule has 0 saturated heterocycles. The SMILES string of the molecule is CC(C)Oc1ccc(S(=O)(=O)NC2CCC(Oc3cnccn3)CC2)cc1. The van der Waals surface area contributed by atoms with Crippen LogP contribution in [-0.4, -0.2) is 36.6 Å². The molecule has 0 bridgehead atoms. The fraction of sp³-hybridized carbons (Fsp3) is 0.474. The second kappa shape index (κ2) is 8.67. The van der Waals surface area contributed by atoms with E-state index >= 15 is 0 Å². The van der Waals surface area contributed by atoms with E-state index in [1.165, 1.54) is 0 Å². The van der Waals surface area contributed by atoms with Gasteiger partial charge in [-0.2, -0.15) is 0 Å². The molecule has 1 aromatic heterocycles. The molecule has 2 aromatic rings. The summed E-state index contributed by atoms with van der Waals surface area (Å²) in [7, 11) is -3.55. The van der Waals surface area contributed by atoms with Gasteiger partial charge in [-0.25, -0.2) is 18.1 Å². The van der Waals surface area contributed by atoms with Crippen molar-refractivity contribution in [1.29, 1.82) is 0 Å². The van der Waals surface area contributed by atoms with Crippen LogP contribution in [0.3, 0.4) is 0 Å². The fourth-order valence-corrected chi connectivity index (χ4v) is 4.38. The Hall–Kier alpha value is -2.19. The van der Waals surface area contributed by atoms with Gasteiger partial charge >= 0.3 is 0 Å². The zero-order valence-corrected chi connectivity index (χ0v) is 16.4. The first-order valence-corrected chi connectivity index (χ1v) is 10.6. The van der Waals surface area contributed by atoms with Crippen LogP contribution < -0.4 is 14.2 Å². The van der Waals surface area contributed by atoms with Crippen LogP contribution in [0.5, 0.6) is 11.6 Å². The first-order chi connectivity index (χ1) is 12.9. The van der Waals surface area contributed by atoms with Crippen molar-refractivity contribution in [1.82, 2.24) is 14.7 Å². The Bertz CT molecular complexity index is 818. The average molecular weight is 391 g/mol. The molecule has 8 heteroatoms. The van der Waals surface area contributed by atoms with Gasteiger partial charge in [-0.05, 0) is 63.8 Å². The van der Waals surface area contributed by atoms with Gasteiger partial charge in [-0.1, -0.05) is 0 Å². The Morgan fingerprint density at radius 2 is 1.78 bits per heavy atom. The Balaban J connectivity index is 1.53. The Labute approximate surface area is 160 Å². The summed E-state index contributed by atoms with van der Waals surface area (Å²) in [4.78, 5) is 8.34. The molecule has 7 nitrogen and oxygen atoms in total. The Kier molecular flexibility index (Phi) is 6.28. The van der Waals surface area contributed by atoms with E-state index in [9.17, 15) is 8.42 Å². The van der Waals surface area contributed by atoms with Crippen LogP contribution in [0.4, 0.5) is 0 Å². The molecule has 1 heterocycles. The maximum atomic E-state index is 12.6. The van der Waals surface area contributed by atoms with Crippen molar-refractivity contribution >= 4 is 10.0 Å². The van der Waals surface area contributed by atoms with Gasteiger partial charge in [0.05, 0.1) is 17.2 Å². The molecule has 1 aromatic carbocycles. The lowest BCUT2D eigenvalue weighted by atomic mass is 9.94. The number of nitrogens with zero attached hydrogens (tertiary/aromatic N) is 2. The summed E-state index contributed by atoms with van der Waals surface area (Å²) >= 11 is 0. The van der Waals surface area contributed by atoms with Crippen molar-refractivity contribution in [3.8, 4) is 11.6 Å². The van der Waals surface area contributed by atoms with Crippen molar-refractivity contribution in [3.63, 3.8) is 0 Å². The highest BCUT2D eigenvalue weighted by atomic mass is 32.2. The number of ether oxygens (including phenoxy) is 2. The molecule has 1 aliphatic carbocycles. The molecule has 146 valence electrons. The van der Waals surface area contributed by atoms with E-state index in [1.807, 2.05) is 13.8 Å². The highest BCUT2D eigenvalue weighted by Crippen LogP contribution is 2.24. The number of hydrogen-bond acceptors (Lipinski definition) is 6. The van der Waals surface area contributed by atoms with Gasteiger partial charge < -0.3 is 9.47 Å². The second-order valence-corrected chi connectivity index (χ2v) is 8.61. The normalized spacial score (nSPS) is 20.4. The average Bonchev–Trinajstić information content (AvgIpc) is 2.64. The third-order valence-corrected chi connectivity index (χ3v) is 5.87. The smallest absolute Gasteiger partial charge is 0.240 e. The molecule has 0 unspecified atom stereocenters. The van der Waals surface area contributed by atoms with Crippen LogP contribution >= 0.6 is 0 Å². The van der Waals surface area contributed by atoms with Gasteiger partial charge in [-0.15, -0.1) is 0 Å². The summed E-state index contributed by atoms with van der Waals surface area (Å²) in [5, 5.41) is 0. The van der Waals surface area contributed by atoms with Crippen molar-refractivity contribution in [2.24, 2.45) is 0 Å². The van der Waals surface area contributed by atoms with Crippen molar-refractivity contribution < 1.29 is 17.9 Å². The molecular weight excluding hydrogens is 366 g/mol. The summed E-state index contributed by atoms with van der Waals surface area (Å²) in [6.07, 6.45) is 7.83. The molecule has 0 aliphatic heterocycles. The highest BCUT2D eigenvalue weighted by molar-refractivity contribution is 7.89. The van der Waals surface area contributed by atoms with Crippen LogP contribution in [-0.2, 0) is 10.0 Å². The van der Waals surface area contributed by atoms with E-state index in [2.05, 4.69) is 14.7 Å². The number of benzene rings is 1. The number of rotatable bonds is 7. The molecule has 1 aliphatic rings. The summed E-state index contributed by atoms with van der Waals surface area (Å²) < 4.78 is 39.4. The van der Waals surface area contributed by atoms with E-state index in [-0.39, 0.29) is 23.1 Å². The summed E-state index contributed by atoms with van der Waals surface area (Å²) in [5.74, 6) is 1.16. The van der Waals surface area contributed by atoms with E-state index in [1.54, 1.807) is 42.9 Å². The predicted molar refractivity (Wildman–Crippen MR) is 101 cm³/mol. The Morgan fingerprint density at radius 1 is 1.07 bits per heavy atom. The molecule has 27 heavy (non-hydrogen) atoms. The standard InChI is InChI=1S/C19H25N3O4S/c1-14(2)25-16-7-9-18(10-8-16)27(23,24)22-15-3-5-17(6-4-15)26-19-13-20-11-12-21-19/h7-15,17,22H,3-6H2,1-2H3. The molecule has 0 spiro atoms. The van der Waals surface area contributed by atoms with Gasteiger partial charge in [0, 0.05) is 18.4 Å². The molecule has 0 atom stereocenters. The van der Waals surface area contributed by atoms with Crippen molar-refractivity contribution in [2.45, 2.75) is 62.7 Å². The van der Waals surface area contributed by atoms with Crippen molar-refractivity contribution in [2.75, 3.05) is 0 Å². The number of nitrogens with one attached hydrogen (secondary N) is 1. The topological polar surface area (TPSA) is 90.4 Å². The minimum atomic E-state index is -3.55. The number of sulfonamides is 1. The van der Waals surface area contributed by atoms with Gasteiger partial charge in [-0.3, -0.25) is 4.98 Å². The Morgan fingerprint density at radius 3 is 2.37 bits per heavy atom. The number of aromatic nitrogens is 2. The minimum absolute atomic E-state index is 0.0370. The third kappa shape index (κ3) is 5.64. The summed E-state index contributed by atoms with van der Waals surface area (Å²) in [6.45, 7) is 3.85. The lowest BCUT2D eigenvalue weighted by Crippen LogP contribution is -2.39. The lowest BCUT2D eigenvalue weighted by Gasteiger charge is -2.28. The maximum Gasteiger partial charge on any atom is 0.240 e. The first-order valence-electron chi connectivity index (χ1n) is 9.14. The van der Waals surface area contributed by atoms with E-state index in [0.29, 0.717) is 11.6 Å². The van der Waals surface area contributed by atoms with Gasteiger partial charge in [0.1, 0.15) is 11.9 Å². The maximum absolute atomic E-state index is 12.6. The minimum Gasteiger partial charge on any atom is -0.491 e. The van der Waals surface area contributed by atoms with Crippen LogP contribution in [0.1, 0.15) is 39.5 Å². The highest BCUT2D eigenvalue weighted by Gasteiger charge is 2.27. The lowest BCUT2D eigenvalue weighted by molar-refractivity contribution is 0.138. The molecule has 0 amide bonds. The third-order valence-electron chi connectivity index (χ3n) is 4.33. The van der Waals surface area contributed by atoms with Gasteiger partial charge in [0.15, 0.2) is 0 Å². The van der Waals surface area contributed by atoms with E-state index < -0.39 is 10.0 Å². The van der Waals surface area contributed by atoms with Gasteiger partial charge in [0.25, 0.3) is 0 Å². The second-order valence-electron chi connectivity index (χ2n) is 6.89. The van der Waals surface area contributed by atoms with Crippen LogP contribution in [0, 0.1) is 0 Å². The molecular formula is C19H25N3O4S. The number of hydrogen-bond donors (Lipinski definition) is 1. The predicted octanol–water partition coefficient (Wildman–Crippen LogP) is 2.93. The van der Waals surface area contributed by atoms with Crippen LogP contribution in [0.15, 0.2) is 47.8 Å². The molecule has 1 saturated carbocycles. The summed E-state index contributed by atoms with van der Waals surface area (Å²) in [6, 6.07) is 6.41. The van der Waals surface area contributed by atoms with Gasteiger partial charge in [0.2, 0.25) is 15.9 Å². The first kappa shape index (κ1) is 19.6. The quantitative estimate of drug-likeness (QED) is 0.780. The summed E-state index contributed by atoms with van der Waals surface area (Å²) in [5.41, 5.74) is 0. The van der Waals surface area contributed by atoms with Crippen LogP contribution in [0.2, 0.25) is 0 Å². The molecule has 1 fully saturated rings. The largest absolute Gasteiger partial charge is 0.491 e. The zero-order valence-electron chi connectivity index (χ0n) is 15.5. The fourth-order valence-electron chi connectivity index (χ4n) is 3.07. The molecule has 1 N–H and O–H groups in total. The van der Waals surface area contributed by atoms with E-state index in [4.69, 9.17) is 9.47 Å². The molecule has 0 radical (unpaired) electrons. The van der Waals surface area contributed by atoms with Crippen molar-refractivity contribution in [3.05, 3.63) is 42.9 Å². The molecule has 3 rings (SSSR count). The zero-order chi connectivity index (χ0) is 19.3. The van der Waals surface area contributed by atoms with Crippen LogP contribution in [0.25, 0.3) is 0 Å². The van der Waals surface area contributed by atoms with E-state index in [0.717, 1.165) is 25.7 Å².